The normalized spacial score (nSPS) is 12.2. The van der Waals surface area contributed by atoms with E-state index in [2.05, 4.69) is 4.74 Å². The molecule has 0 spiro atoms. The highest BCUT2D eigenvalue weighted by atomic mass is 16.5. The second-order valence-corrected chi connectivity index (χ2v) is 2.37. The van der Waals surface area contributed by atoms with Crippen molar-refractivity contribution in [2.24, 2.45) is 11.5 Å². The Labute approximate surface area is 71.6 Å². The van der Waals surface area contributed by atoms with E-state index in [1.54, 1.807) is 0 Å². The topological polar surface area (TPSA) is 102 Å². The molecular formula is C7H15N3O2. The molecule has 1 atom stereocenters. The minimum atomic E-state index is -0.603. The van der Waals surface area contributed by atoms with E-state index in [1.165, 1.54) is 0 Å². The molecule has 0 unspecified atom stereocenters. The maximum atomic E-state index is 10.9. The highest BCUT2D eigenvalue weighted by molar-refractivity contribution is 5.76. The number of carbonyl (C=O) groups is 1. The van der Waals surface area contributed by atoms with Gasteiger partial charge in [0.15, 0.2) is 0 Å². The molecule has 0 aromatic carbocycles. The van der Waals surface area contributed by atoms with Gasteiger partial charge in [-0.1, -0.05) is 0 Å². The summed E-state index contributed by atoms with van der Waals surface area (Å²) in [5.74, 6) is -0.466. The first-order chi connectivity index (χ1) is 5.72. The molecule has 0 saturated heterocycles. The molecule has 5 nitrogen and oxygen atoms in total. The van der Waals surface area contributed by atoms with E-state index in [4.69, 9.17) is 16.9 Å². The maximum absolute atomic E-state index is 10.9. The van der Waals surface area contributed by atoms with Gasteiger partial charge in [0.25, 0.3) is 0 Å². The maximum Gasteiger partial charge on any atom is 0.323 e. The molecule has 0 heterocycles. The van der Waals surface area contributed by atoms with Gasteiger partial charge < -0.3 is 21.6 Å². The fraction of sp³-hybridized carbons (Fsp3) is 0.714. The number of carbonyl (C=O) groups excluding carboxylic acids is 1. The molecule has 0 fully saturated rings. The van der Waals surface area contributed by atoms with Crippen LogP contribution in [0.15, 0.2) is 0 Å². The van der Waals surface area contributed by atoms with Gasteiger partial charge in [-0.25, -0.2) is 0 Å². The predicted molar refractivity (Wildman–Crippen MR) is 46.0 cm³/mol. The lowest BCUT2D eigenvalue weighted by molar-refractivity contribution is -0.143. The number of ether oxygens (including phenoxy) is 1. The molecule has 0 aromatic rings. The summed E-state index contributed by atoms with van der Waals surface area (Å²) < 4.78 is 4.60. The third kappa shape index (κ3) is 4.81. The van der Waals surface area contributed by atoms with Crippen LogP contribution in [-0.4, -0.2) is 31.4 Å². The van der Waals surface area contributed by atoms with Gasteiger partial charge in [-0.05, 0) is 19.4 Å². The van der Waals surface area contributed by atoms with Crippen molar-refractivity contribution >= 4 is 12.2 Å². The Bertz CT molecular complexity index is 150. The van der Waals surface area contributed by atoms with Crippen molar-refractivity contribution in [2.75, 3.05) is 13.2 Å². The second kappa shape index (κ2) is 6.75. The summed E-state index contributed by atoms with van der Waals surface area (Å²) in [5.41, 5.74) is 10.7. The zero-order valence-corrected chi connectivity index (χ0v) is 6.95. The summed E-state index contributed by atoms with van der Waals surface area (Å²) in [6.07, 6.45) is 2.25. The molecule has 0 amide bonds. The number of nitrogens with two attached hydrogens (primary N) is 2. The van der Waals surface area contributed by atoms with Gasteiger partial charge in [0.2, 0.25) is 0 Å². The molecule has 0 aliphatic carbocycles. The van der Waals surface area contributed by atoms with E-state index < -0.39 is 12.0 Å². The summed E-state index contributed by atoms with van der Waals surface area (Å²) in [4.78, 5) is 10.9. The third-order valence-corrected chi connectivity index (χ3v) is 1.33. The number of rotatable bonds is 6. The van der Waals surface area contributed by atoms with Crippen LogP contribution in [0, 0.1) is 5.41 Å². The Balaban J connectivity index is 3.53. The van der Waals surface area contributed by atoms with Gasteiger partial charge in [0, 0.05) is 6.21 Å². The van der Waals surface area contributed by atoms with Gasteiger partial charge in [-0.15, -0.1) is 0 Å². The lowest BCUT2D eigenvalue weighted by Gasteiger charge is -2.08. The van der Waals surface area contributed by atoms with Crippen molar-refractivity contribution in [2.45, 2.75) is 18.9 Å². The van der Waals surface area contributed by atoms with Crippen LogP contribution in [0.4, 0.5) is 0 Å². The van der Waals surface area contributed by atoms with Crippen LogP contribution in [0.2, 0.25) is 0 Å². The lowest BCUT2D eigenvalue weighted by atomic mass is 10.2. The largest absolute Gasteiger partial charge is 0.459 e. The van der Waals surface area contributed by atoms with Gasteiger partial charge in [-0.2, -0.15) is 0 Å². The molecule has 0 aromatic heterocycles. The van der Waals surface area contributed by atoms with E-state index in [-0.39, 0.29) is 6.61 Å². The quantitative estimate of drug-likeness (QED) is 0.363. The standard InChI is InChI=1S/C7H15N3O2/c8-3-1-2-6(10)7(11)12-5-4-9/h4,6,9H,1-3,5,8,10H2/t6-/m0/s1. The van der Waals surface area contributed by atoms with Crippen molar-refractivity contribution < 1.29 is 9.53 Å². The van der Waals surface area contributed by atoms with Gasteiger partial charge >= 0.3 is 5.97 Å². The highest BCUT2D eigenvalue weighted by Gasteiger charge is 2.12. The van der Waals surface area contributed by atoms with Gasteiger partial charge in [0.05, 0.1) is 0 Å². The van der Waals surface area contributed by atoms with E-state index in [0.717, 1.165) is 6.21 Å². The Kier molecular flexibility index (Phi) is 6.22. The summed E-state index contributed by atoms with van der Waals surface area (Å²) in [6, 6.07) is -0.603. The number of esters is 1. The minimum absolute atomic E-state index is 0.00480. The molecule has 0 saturated carbocycles. The SMILES string of the molecule is N=CCOC(=O)[C@@H](N)CCCN. The Morgan fingerprint density at radius 3 is 2.83 bits per heavy atom. The fourth-order valence-corrected chi connectivity index (χ4v) is 0.686. The summed E-state index contributed by atoms with van der Waals surface area (Å²) in [6.45, 7) is 0.515. The first-order valence-electron chi connectivity index (χ1n) is 3.83. The molecule has 0 aliphatic rings. The van der Waals surface area contributed by atoms with Crippen molar-refractivity contribution in [3.8, 4) is 0 Å². The van der Waals surface area contributed by atoms with E-state index in [1.807, 2.05) is 0 Å². The van der Waals surface area contributed by atoms with Crippen molar-refractivity contribution in [3.63, 3.8) is 0 Å². The number of hydrogen-bond donors (Lipinski definition) is 3. The average Bonchev–Trinajstić information content (AvgIpc) is 2.10. The van der Waals surface area contributed by atoms with E-state index in [0.29, 0.717) is 19.4 Å². The van der Waals surface area contributed by atoms with E-state index in [9.17, 15) is 4.79 Å². The first kappa shape index (κ1) is 11.1. The van der Waals surface area contributed by atoms with Crippen LogP contribution < -0.4 is 11.5 Å². The summed E-state index contributed by atoms with van der Waals surface area (Å²) in [7, 11) is 0. The fourth-order valence-electron chi connectivity index (χ4n) is 0.686. The van der Waals surface area contributed by atoms with Crippen molar-refractivity contribution in [1.29, 1.82) is 5.41 Å². The zero-order chi connectivity index (χ0) is 9.40. The Hall–Kier alpha value is -0.940. The number of nitrogens with one attached hydrogen (secondary N) is 1. The van der Waals surface area contributed by atoms with Crippen molar-refractivity contribution in [3.05, 3.63) is 0 Å². The average molecular weight is 173 g/mol. The van der Waals surface area contributed by atoms with Gasteiger partial charge in [0.1, 0.15) is 12.6 Å². The Morgan fingerprint density at radius 2 is 2.33 bits per heavy atom. The first-order valence-corrected chi connectivity index (χ1v) is 3.83. The zero-order valence-electron chi connectivity index (χ0n) is 6.95. The van der Waals surface area contributed by atoms with E-state index >= 15 is 0 Å². The predicted octanol–water partition coefficient (Wildman–Crippen LogP) is -0.755. The van der Waals surface area contributed by atoms with Crippen LogP contribution in [-0.2, 0) is 9.53 Å². The molecule has 5 heteroatoms. The van der Waals surface area contributed by atoms with Crippen LogP contribution in [0.1, 0.15) is 12.8 Å². The molecule has 70 valence electrons. The Morgan fingerprint density at radius 1 is 1.67 bits per heavy atom. The summed E-state index contributed by atoms with van der Waals surface area (Å²) >= 11 is 0. The van der Waals surface area contributed by atoms with Crippen LogP contribution >= 0.6 is 0 Å². The van der Waals surface area contributed by atoms with Crippen LogP contribution in [0.3, 0.4) is 0 Å². The molecule has 0 bridgehead atoms. The third-order valence-electron chi connectivity index (χ3n) is 1.33. The summed E-state index contributed by atoms with van der Waals surface area (Å²) in [5, 5.41) is 6.61. The molecule has 0 radical (unpaired) electrons. The van der Waals surface area contributed by atoms with Crippen LogP contribution in [0.5, 0.6) is 0 Å². The second-order valence-electron chi connectivity index (χ2n) is 2.37. The highest BCUT2D eigenvalue weighted by Crippen LogP contribution is 1.94. The monoisotopic (exact) mass is 173 g/mol. The lowest BCUT2D eigenvalue weighted by Crippen LogP contribution is -2.33. The molecular weight excluding hydrogens is 158 g/mol. The number of hydrogen-bond acceptors (Lipinski definition) is 5. The molecule has 0 rings (SSSR count). The smallest absolute Gasteiger partial charge is 0.323 e. The molecule has 0 aliphatic heterocycles. The van der Waals surface area contributed by atoms with Crippen molar-refractivity contribution in [1.82, 2.24) is 0 Å². The van der Waals surface area contributed by atoms with Crippen LogP contribution in [0.25, 0.3) is 0 Å². The molecule has 12 heavy (non-hydrogen) atoms. The minimum Gasteiger partial charge on any atom is -0.459 e. The molecule has 5 N–H and O–H groups in total. The van der Waals surface area contributed by atoms with Gasteiger partial charge in [-0.3, -0.25) is 4.79 Å².